The number of hydrazone groups is 1. The average molecular weight is 494 g/mol. The van der Waals surface area contributed by atoms with Crippen molar-refractivity contribution in [1.29, 1.82) is 0 Å². The van der Waals surface area contributed by atoms with Crippen molar-refractivity contribution >= 4 is 46.2 Å². The number of hydrogen-bond donors (Lipinski definition) is 3. The van der Waals surface area contributed by atoms with Crippen molar-refractivity contribution in [2.24, 2.45) is 16.8 Å². The molecule has 10 heteroatoms. The van der Waals surface area contributed by atoms with E-state index in [4.69, 9.17) is 39.6 Å². The molecule has 0 radical (unpaired) electrons. The van der Waals surface area contributed by atoms with Gasteiger partial charge in [0.15, 0.2) is 6.29 Å². The van der Waals surface area contributed by atoms with Crippen LogP contribution in [0, 0.1) is 0 Å². The number of nitrogens with two attached hydrogens (primary N) is 2. The van der Waals surface area contributed by atoms with E-state index in [9.17, 15) is 4.79 Å². The van der Waals surface area contributed by atoms with E-state index >= 15 is 0 Å². The molecule has 0 atom stereocenters. The minimum Gasteiger partial charge on any atom is -0.489 e. The minimum absolute atomic E-state index is 0.249. The van der Waals surface area contributed by atoms with Gasteiger partial charge >= 0.3 is 0 Å². The second-order valence-corrected chi connectivity index (χ2v) is 7.76. The first-order valence-corrected chi connectivity index (χ1v) is 11.1. The molecule has 0 unspecified atom stereocenters. The number of ether oxygens (including phenoxy) is 2. The Balaban J connectivity index is 0.000000890. The maximum Gasteiger partial charge on any atom is 0.166 e. The Morgan fingerprint density at radius 1 is 1.21 bits per heavy atom. The highest BCUT2D eigenvalue weighted by atomic mass is 35.5. The number of methoxy groups -OCH3 is 1. The summed E-state index contributed by atoms with van der Waals surface area (Å²) < 4.78 is 12.4. The lowest BCUT2D eigenvalue weighted by atomic mass is 10.2. The molecule has 0 saturated carbocycles. The lowest BCUT2D eigenvalue weighted by Gasteiger charge is -2.11. The van der Waals surface area contributed by atoms with Crippen molar-refractivity contribution in [2.45, 2.75) is 32.9 Å². The first-order valence-electron chi connectivity index (χ1n) is 10.3. The van der Waals surface area contributed by atoms with Crippen LogP contribution in [0.3, 0.4) is 0 Å². The van der Waals surface area contributed by atoms with Gasteiger partial charge in [0.2, 0.25) is 0 Å². The van der Waals surface area contributed by atoms with Gasteiger partial charge in [0.1, 0.15) is 18.2 Å². The summed E-state index contributed by atoms with van der Waals surface area (Å²) in [6, 6.07) is 12.8. The zero-order valence-electron chi connectivity index (χ0n) is 18.7. The highest BCUT2D eigenvalue weighted by Crippen LogP contribution is 2.28. The second-order valence-electron chi connectivity index (χ2n) is 6.95. The minimum atomic E-state index is 0.249. The maximum absolute atomic E-state index is 11.5. The molecule has 0 saturated heterocycles. The molecule has 0 fully saturated rings. The summed E-state index contributed by atoms with van der Waals surface area (Å²) in [4.78, 5) is 11.5. The molecule has 0 amide bonds. The maximum atomic E-state index is 11.5. The largest absolute Gasteiger partial charge is 0.489 e. The Morgan fingerprint density at radius 2 is 1.91 bits per heavy atom. The van der Waals surface area contributed by atoms with Crippen molar-refractivity contribution < 1.29 is 14.3 Å². The number of hydrogen-bond acceptors (Lipinski definition) is 6. The van der Waals surface area contributed by atoms with Gasteiger partial charge in [-0.25, -0.2) is 5.84 Å². The topological polar surface area (TPSA) is 117 Å². The molecule has 1 aromatic heterocycles. The molecule has 2 aromatic carbocycles. The zero-order chi connectivity index (χ0) is 24.2. The molecular formula is C23H29Cl2N5O3. The average Bonchev–Trinajstić information content (AvgIpc) is 3.18. The number of benzene rings is 2. The first-order chi connectivity index (χ1) is 16.0. The summed E-state index contributed by atoms with van der Waals surface area (Å²) in [6.45, 7) is 3.65. The van der Waals surface area contributed by atoms with E-state index in [1.807, 2.05) is 35.8 Å². The van der Waals surface area contributed by atoms with E-state index in [-0.39, 0.29) is 6.61 Å². The van der Waals surface area contributed by atoms with Crippen LogP contribution in [-0.2, 0) is 17.9 Å². The first kappa shape index (κ1) is 26.5. The van der Waals surface area contributed by atoms with E-state index in [1.165, 1.54) is 0 Å². The smallest absolute Gasteiger partial charge is 0.166 e. The van der Waals surface area contributed by atoms with Gasteiger partial charge in [-0.15, -0.1) is 0 Å². The van der Waals surface area contributed by atoms with Gasteiger partial charge in [-0.2, -0.15) is 5.10 Å². The fourth-order valence-corrected chi connectivity index (χ4v) is 3.62. The Morgan fingerprint density at radius 3 is 2.48 bits per heavy atom. The number of amidine groups is 1. The fraction of sp³-hybridized carbons (Fsp3) is 0.304. The molecule has 3 aromatic rings. The number of nitrogens with zero attached hydrogens (tertiary/aromatic N) is 2. The Kier molecular flexibility index (Phi) is 11.0. The number of hydrazine groups is 1. The molecule has 1 heterocycles. The van der Waals surface area contributed by atoms with Crippen molar-refractivity contribution in [1.82, 2.24) is 9.99 Å². The summed E-state index contributed by atoms with van der Waals surface area (Å²) in [6.07, 6.45) is 2.13. The quantitative estimate of drug-likeness (QED) is 0.133. The number of carbonyl (C=O) groups is 1. The normalized spacial score (nSPS) is 11.1. The number of fused-ring (bicyclic) bond motifs is 1. The zero-order valence-corrected chi connectivity index (χ0v) is 20.2. The summed E-state index contributed by atoms with van der Waals surface area (Å²) in [5.74, 6) is 11.8. The third-order valence-corrected chi connectivity index (χ3v) is 5.59. The number of aromatic nitrogens is 1. The van der Waals surface area contributed by atoms with Crippen LogP contribution in [0.1, 0.15) is 35.8 Å². The summed E-state index contributed by atoms with van der Waals surface area (Å²) in [5, 5.41) is 5.58. The van der Waals surface area contributed by atoms with Gasteiger partial charge < -0.3 is 25.3 Å². The number of halogens is 2. The summed E-state index contributed by atoms with van der Waals surface area (Å²) in [7, 11) is 1.68. The molecule has 178 valence electrons. The second kappa shape index (κ2) is 13.7. The number of rotatable bonds is 9. The van der Waals surface area contributed by atoms with Crippen LogP contribution in [0.25, 0.3) is 10.9 Å². The fourth-order valence-electron chi connectivity index (χ4n) is 3.11. The van der Waals surface area contributed by atoms with Crippen molar-refractivity contribution in [2.75, 3.05) is 13.7 Å². The summed E-state index contributed by atoms with van der Waals surface area (Å²) in [5.41, 5.74) is 4.70. The molecular weight excluding hydrogens is 465 g/mol. The van der Waals surface area contributed by atoms with Crippen LogP contribution in [0.4, 0.5) is 0 Å². The molecule has 3 rings (SSSR count). The van der Waals surface area contributed by atoms with E-state index < -0.39 is 0 Å². The van der Waals surface area contributed by atoms with Gasteiger partial charge in [-0.3, -0.25) is 4.79 Å². The summed E-state index contributed by atoms with van der Waals surface area (Å²) >= 11 is 12.4. The predicted octanol–water partition coefficient (Wildman–Crippen LogP) is 4.51. The predicted molar refractivity (Wildman–Crippen MR) is 134 cm³/mol. The van der Waals surface area contributed by atoms with Gasteiger partial charge in [-0.1, -0.05) is 29.3 Å². The lowest BCUT2D eigenvalue weighted by Crippen LogP contribution is -2.31. The van der Waals surface area contributed by atoms with Gasteiger partial charge in [-0.05, 0) is 49.7 Å². The van der Waals surface area contributed by atoms with Crippen LogP contribution in [0.2, 0.25) is 10.0 Å². The highest BCUT2D eigenvalue weighted by molar-refractivity contribution is 6.35. The molecule has 0 aliphatic heterocycles. The molecule has 33 heavy (non-hydrogen) atoms. The molecule has 0 aliphatic rings. The van der Waals surface area contributed by atoms with E-state index in [1.54, 1.807) is 25.3 Å². The van der Waals surface area contributed by atoms with Gasteiger partial charge in [0.25, 0.3) is 0 Å². The van der Waals surface area contributed by atoms with E-state index in [0.29, 0.717) is 46.7 Å². The van der Waals surface area contributed by atoms with Crippen LogP contribution < -0.4 is 21.8 Å². The monoisotopic (exact) mass is 493 g/mol. The molecule has 0 spiro atoms. The number of nitrogens with one attached hydrogen (secondary N) is 1. The standard InChI is InChI=1S/C20H21Cl2N5O2.C3H8O/c21-17-3-1-4-18(22)16(17)12-29-15-6-7-19-13(10-15)9-14(11-28)27(19)8-2-5-20(25-23)26-24;1-3-4-2/h1,3-4,6-7,9-11H,2,5,8,12,23-24H2,(H,25,26);3H2,1-2H3. The number of aryl methyl sites for hydroxylation is 1. The van der Waals surface area contributed by atoms with Crippen LogP contribution in [0.15, 0.2) is 47.6 Å². The van der Waals surface area contributed by atoms with E-state index in [2.05, 4.69) is 15.3 Å². The molecule has 5 N–H and O–H groups in total. The third-order valence-electron chi connectivity index (χ3n) is 4.88. The van der Waals surface area contributed by atoms with Crippen molar-refractivity contribution in [3.05, 3.63) is 63.8 Å². The third kappa shape index (κ3) is 7.36. The van der Waals surface area contributed by atoms with Crippen LogP contribution in [0.5, 0.6) is 5.75 Å². The Bertz CT molecular complexity index is 1060. The number of aldehydes is 1. The van der Waals surface area contributed by atoms with Crippen molar-refractivity contribution in [3.8, 4) is 5.75 Å². The van der Waals surface area contributed by atoms with Crippen LogP contribution >= 0.6 is 23.2 Å². The molecule has 0 aliphatic carbocycles. The number of carbonyl (C=O) groups excluding carboxylic acids is 1. The Labute approximate surface area is 203 Å². The lowest BCUT2D eigenvalue weighted by molar-refractivity contribution is 0.111. The molecule has 0 bridgehead atoms. The molecule has 8 nitrogen and oxygen atoms in total. The van der Waals surface area contributed by atoms with Crippen molar-refractivity contribution in [3.63, 3.8) is 0 Å². The highest BCUT2D eigenvalue weighted by Gasteiger charge is 2.11. The SMILES string of the molecule is CCOC.N/N=C(/CCCn1c(C=O)cc2cc(OCc3c(Cl)cccc3Cl)ccc21)NN. The Hall–Kier alpha value is -2.78. The van der Waals surface area contributed by atoms with Gasteiger partial charge in [0.05, 0.1) is 5.69 Å². The van der Waals surface area contributed by atoms with Gasteiger partial charge in [0, 0.05) is 53.2 Å². The van der Waals surface area contributed by atoms with Crippen LogP contribution in [-0.4, -0.2) is 30.4 Å². The van der Waals surface area contributed by atoms with E-state index in [0.717, 1.165) is 29.4 Å².